The Morgan fingerprint density at radius 1 is 1.23 bits per heavy atom. The van der Waals surface area contributed by atoms with Crippen LogP contribution >= 0.6 is 0 Å². The minimum atomic E-state index is -0.271. The fraction of sp³-hybridized carbons (Fsp3) is 0.381. The van der Waals surface area contributed by atoms with Gasteiger partial charge in [-0.3, -0.25) is 9.69 Å². The van der Waals surface area contributed by atoms with Gasteiger partial charge in [-0.1, -0.05) is 12.1 Å². The van der Waals surface area contributed by atoms with Crippen molar-refractivity contribution >= 4 is 17.6 Å². The summed E-state index contributed by atoms with van der Waals surface area (Å²) in [5.74, 6) is 0.650. The van der Waals surface area contributed by atoms with Gasteiger partial charge >= 0.3 is 6.03 Å². The number of nitriles is 1. The third-order valence-corrected chi connectivity index (χ3v) is 5.34. The first-order valence-electron chi connectivity index (χ1n) is 9.95. The number of hydrogen-bond acceptors (Lipinski definition) is 7. The number of amides is 3. The van der Waals surface area contributed by atoms with E-state index in [9.17, 15) is 9.59 Å². The van der Waals surface area contributed by atoms with Crippen molar-refractivity contribution in [2.24, 2.45) is 0 Å². The van der Waals surface area contributed by atoms with Gasteiger partial charge < -0.3 is 19.3 Å². The molecule has 3 amide bonds. The first-order valence-corrected chi connectivity index (χ1v) is 9.95. The third kappa shape index (κ3) is 4.21. The molecule has 10 nitrogen and oxygen atoms in total. The van der Waals surface area contributed by atoms with Crippen LogP contribution in [-0.4, -0.2) is 77.6 Å². The third-order valence-electron chi connectivity index (χ3n) is 5.34. The van der Waals surface area contributed by atoms with Gasteiger partial charge in [-0.2, -0.15) is 5.26 Å². The fourth-order valence-electron chi connectivity index (χ4n) is 3.77. The van der Waals surface area contributed by atoms with Gasteiger partial charge in [0.25, 0.3) is 5.88 Å². The Bertz CT molecular complexity index is 1020. The number of hydrogen-bond donors (Lipinski definition) is 0. The Labute approximate surface area is 179 Å². The highest BCUT2D eigenvalue weighted by molar-refractivity contribution is 5.97. The molecular formula is C21H22N6O4. The van der Waals surface area contributed by atoms with Crippen LogP contribution in [0.3, 0.4) is 0 Å². The standard InChI is InChI=1S/C21H22N6O4/c1-30-18-5-3-2-4-17(18)27-11-10-26(21(27)29)14-19(28)25-9-6-15(13-25)31-20-16(12-22)23-7-8-24-20/h2-5,7-8,15H,6,9-11,13-14H2,1H3. The SMILES string of the molecule is COc1ccccc1N1CCN(CC(=O)N2CCC(Oc3nccnc3C#N)C2)C1=O. The van der Waals surface area contributed by atoms with Crippen molar-refractivity contribution < 1.29 is 19.1 Å². The lowest BCUT2D eigenvalue weighted by Crippen LogP contribution is -2.42. The monoisotopic (exact) mass is 422 g/mol. The van der Waals surface area contributed by atoms with Gasteiger partial charge in [0.05, 0.1) is 19.3 Å². The molecule has 1 atom stereocenters. The zero-order valence-corrected chi connectivity index (χ0v) is 17.1. The first kappa shape index (κ1) is 20.4. The van der Waals surface area contributed by atoms with Crippen LogP contribution in [0.4, 0.5) is 10.5 Å². The Morgan fingerprint density at radius 2 is 2.03 bits per heavy atom. The molecule has 2 aliphatic heterocycles. The summed E-state index contributed by atoms with van der Waals surface area (Å²) < 4.78 is 11.1. The summed E-state index contributed by atoms with van der Waals surface area (Å²) in [6.45, 7) is 1.84. The number of likely N-dealkylation sites (tertiary alicyclic amines) is 1. The highest BCUT2D eigenvalue weighted by Crippen LogP contribution is 2.30. The van der Waals surface area contributed by atoms with Crippen LogP contribution < -0.4 is 14.4 Å². The van der Waals surface area contributed by atoms with E-state index >= 15 is 0 Å². The summed E-state index contributed by atoms with van der Waals surface area (Å²) >= 11 is 0. The lowest BCUT2D eigenvalue weighted by atomic mass is 10.2. The summed E-state index contributed by atoms with van der Waals surface area (Å²) in [6.07, 6.45) is 3.24. The number of ether oxygens (including phenoxy) is 2. The molecule has 2 aliphatic rings. The lowest BCUT2D eigenvalue weighted by molar-refractivity contribution is -0.130. The van der Waals surface area contributed by atoms with E-state index in [1.165, 1.54) is 12.4 Å². The van der Waals surface area contributed by atoms with Crippen LogP contribution in [0.5, 0.6) is 11.6 Å². The van der Waals surface area contributed by atoms with Gasteiger partial charge in [-0.15, -0.1) is 0 Å². The van der Waals surface area contributed by atoms with Crippen LogP contribution in [0, 0.1) is 11.3 Å². The molecule has 4 rings (SSSR count). The molecule has 2 aromatic rings. The van der Waals surface area contributed by atoms with Crippen molar-refractivity contribution in [1.29, 1.82) is 5.26 Å². The van der Waals surface area contributed by atoms with E-state index in [1.54, 1.807) is 27.9 Å². The maximum atomic E-state index is 12.9. The molecule has 0 N–H and O–H groups in total. The second-order valence-corrected chi connectivity index (χ2v) is 7.22. The number of para-hydroxylation sites is 2. The fourth-order valence-corrected chi connectivity index (χ4v) is 3.77. The van der Waals surface area contributed by atoms with Gasteiger partial charge in [0, 0.05) is 38.4 Å². The smallest absolute Gasteiger partial charge is 0.325 e. The molecule has 0 spiro atoms. The lowest BCUT2D eigenvalue weighted by Gasteiger charge is -2.22. The van der Waals surface area contributed by atoms with Gasteiger partial charge in [0.15, 0.2) is 0 Å². The molecule has 0 radical (unpaired) electrons. The van der Waals surface area contributed by atoms with E-state index < -0.39 is 0 Å². The largest absolute Gasteiger partial charge is 0.495 e. The van der Waals surface area contributed by atoms with Crippen LogP contribution in [0.25, 0.3) is 0 Å². The summed E-state index contributed by atoms with van der Waals surface area (Å²) in [7, 11) is 1.56. The summed E-state index contributed by atoms with van der Waals surface area (Å²) in [4.78, 5) is 38.5. The molecular weight excluding hydrogens is 400 g/mol. The molecule has 31 heavy (non-hydrogen) atoms. The maximum absolute atomic E-state index is 12.9. The number of nitrogens with zero attached hydrogens (tertiary/aromatic N) is 6. The van der Waals surface area contributed by atoms with Crippen LogP contribution in [-0.2, 0) is 4.79 Å². The van der Waals surface area contributed by atoms with Crippen molar-refractivity contribution in [2.75, 3.05) is 44.7 Å². The Hall–Kier alpha value is -3.87. The Balaban J connectivity index is 1.34. The molecule has 10 heteroatoms. The van der Waals surface area contributed by atoms with E-state index in [2.05, 4.69) is 9.97 Å². The molecule has 2 saturated heterocycles. The number of aromatic nitrogens is 2. The number of rotatable bonds is 6. The van der Waals surface area contributed by atoms with Gasteiger partial charge in [-0.25, -0.2) is 14.8 Å². The number of methoxy groups -OCH3 is 1. The summed E-state index contributed by atoms with van der Waals surface area (Å²) in [6, 6.07) is 9.04. The highest BCUT2D eigenvalue weighted by atomic mass is 16.5. The maximum Gasteiger partial charge on any atom is 0.325 e. The minimum absolute atomic E-state index is 0.00574. The van der Waals surface area contributed by atoms with Crippen molar-refractivity contribution in [3.8, 4) is 17.7 Å². The molecule has 0 bridgehead atoms. The average Bonchev–Trinajstić information content (AvgIpc) is 3.41. The second kappa shape index (κ2) is 8.87. The zero-order valence-electron chi connectivity index (χ0n) is 17.1. The minimum Gasteiger partial charge on any atom is -0.495 e. The van der Waals surface area contributed by atoms with Crippen molar-refractivity contribution in [2.45, 2.75) is 12.5 Å². The predicted molar refractivity (Wildman–Crippen MR) is 110 cm³/mol. The molecule has 1 unspecified atom stereocenters. The molecule has 3 heterocycles. The summed E-state index contributed by atoms with van der Waals surface area (Å²) in [5, 5.41) is 9.11. The van der Waals surface area contributed by atoms with Gasteiger partial charge in [0.2, 0.25) is 11.6 Å². The summed E-state index contributed by atoms with van der Waals surface area (Å²) in [5.41, 5.74) is 0.809. The van der Waals surface area contributed by atoms with E-state index in [1.807, 2.05) is 24.3 Å². The Kier molecular flexibility index (Phi) is 5.84. The van der Waals surface area contributed by atoms with Crippen LogP contribution in [0.1, 0.15) is 12.1 Å². The van der Waals surface area contributed by atoms with E-state index in [0.29, 0.717) is 44.0 Å². The van der Waals surface area contributed by atoms with Gasteiger partial charge in [0.1, 0.15) is 24.5 Å². The van der Waals surface area contributed by atoms with E-state index in [-0.39, 0.29) is 36.2 Å². The highest BCUT2D eigenvalue weighted by Gasteiger charge is 2.35. The average molecular weight is 422 g/mol. The number of anilines is 1. The normalized spacial score (nSPS) is 18.3. The molecule has 0 aliphatic carbocycles. The van der Waals surface area contributed by atoms with Crippen molar-refractivity contribution in [3.05, 3.63) is 42.4 Å². The first-order chi connectivity index (χ1) is 15.1. The zero-order chi connectivity index (χ0) is 21.8. The molecule has 0 saturated carbocycles. The quantitative estimate of drug-likeness (QED) is 0.689. The molecule has 1 aromatic heterocycles. The van der Waals surface area contributed by atoms with E-state index in [0.717, 1.165) is 0 Å². The van der Waals surface area contributed by atoms with Crippen molar-refractivity contribution in [3.63, 3.8) is 0 Å². The number of carbonyl (C=O) groups is 2. The van der Waals surface area contributed by atoms with Gasteiger partial charge in [-0.05, 0) is 12.1 Å². The number of urea groups is 1. The Morgan fingerprint density at radius 3 is 2.84 bits per heavy atom. The van der Waals surface area contributed by atoms with Crippen molar-refractivity contribution in [1.82, 2.24) is 19.8 Å². The molecule has 1 aromatic carbocycles. The second-order valence-electron chi connectivity index (χ2n) is 7.22. The molecule has 160 valence electrons. The van der Waals surface area contributed by atoms with Crippen LogP contribution in [0.15, 0.2) is 36.7 Å². The topological polar surface area (TPSA) is 112 Å². The predicted octanol–water partition coefficient (Wildman–Crippen LogP) is 1.28. The number of benzene rings is 1. The number of carbonyl (C=O) groups excluding carboxylic acids is 2. The van der Waals surface area contributed by atoms with E-state index in [4.69, 9.17) is 14.7 Å². The van der Waals surface area contributed by atoms with Crippen LogP contribution in [0.2, 0.25) is 0 Å². The molecule has 2 fully saturated rings.